The summed E-state index contributed by atoms with van der Waals surface area (Å²) >= 11 is 6.02. The van der Waals surface area contributed by atoms with Crippen LogP contribution >= 0.6 is 11.6 Å². The van der Waals surface area contributed by atoms with Crippen molar-refractivity contribution in [2.75, 3.05) is 11.9 Å². The van der Waals surface area contributed by atoms with Crippen LogP contribution in [-0.4, -0.2) is 24.4 Å². The van der Waals surface area contributed by atoms with Gasteiger partial charge in [-0.2, -0.15) is 0 Å². The summed E-state index contributed by atoms with van der Waals surface area (Å²) in [5.74, 6) is -0.245. The molecule has 6 heteroatoms. The van der Waals surface area contributed by atoms with Crippen molar-refractivity contribution < 1.29 is 9.59 Å². The fraction of sp³-hybridized carbons (Fsp3) is 0.391. The number of hydrogen-bond acceptors (Lipinski definition) is 3. The second-order valence-electron chi connectivity index (χ2n) is 7.53. The average Bonchev–Trinajstić information content (AvgIpc) is 3.54. The van der Waals surface area contributed by atoms with Crippen molar-refractivity contribution in [1.29, 1.82) is 0 Å². The number of carbonyl (C=O) groups excluding carboxylic acids is 2. The number of nitrogens with one attached hydrogen (secondary N) is 3. The fourth-order valence-corrected chi connectivity index (χ4v) is 3.59. The number of rotatable bonds is 9. The molecule has 1 aliphatic carbocycles. The summed E-state index contributed by atoms with van der Waals surface area (Å²) in [5.41, 5.74) is 1.98. The zero-order valence-corrected chi connectivity index (χ0v) is 17.7. The zero-order chi connectivity index (χ0) is 20.9. The van der Waals surface area contributed by atoms with Crippen LogP contribution in [0.25, 0.3) is 0 Å². The highest BCUT2D eigenvalue weighted by Crippen LogP contribution is 2.29. The first-order valence-corrected chi connectivity index (χ1v) is 10.6. The Hall–Kier alpha value is -2.37. The molecule has 2 aromatic carbocycles. The number of carbonyl (C=O) groups is 2. The van der Waals surface area contributed by atoms with Crippen LogP contribution < -0.4 is 16.0 Å². The molecule has 0 saturated heterocycles. The highest BCUT2D eigenvalue weighted by atomic mass is 35.5. The lowest BCUT2D eigenvalue weighted by atomic mass is 9.84. The normalized spacial score (nSPS) is 13.8. The van der Waals surface area contributed by atoms with Crippen LogP contribution in [0.15, 0.2) is 48.5 Å². The standard InChI is InChI=1S/C23H28ClN3O2/c1-3-23(4-2,17-8-10-18(24)11-9-17)25-15-21(28)26-20-7-5-6-16(14-20)22(29)27-19-12-13-19/h5-11,14,19,25H,3-4,12-13,15H2,1-2H3,(H,26,28)(H,27,29). The Bertz CT molecular complexity index is 859. The van der Waals surface area contributed by atoms with Gasteiger partial charge in [0.15, 0.2) is 0 Å². The predicted octanol–water partition coefficient (Wildman–Crippen LogP) is 4.48. The first-order chi connectivity index (χ1) is 14.0. The molecule has 0 aliphatic heterocycles. The van der Waals surface area contributed by atoms with Crippen LogP contribution in [0.1, 0.15) is 55.5 Å². The van der Waals surface area contributed by atoms with E-state index >= 15 is 0 Å². The van der Waals surface area contributed by atoms with Crippen LogP contribution in [-0.2, 0) is 10.3 Å². The van der Waals surface area contributed by atoms with Gasteiger partial charge in [-0.25, -0.2) is 0 Å². The van der Waals surface area contributed by atoms with E-state index in [2.05, 4.69) is 29.8 Å². The van der Waals surface area contributed by atoms with Crippen LogP contribution in [0.4, 0.5) is 5.69 Å². The second kappa shape index (κ2) is 9.42. The highest BCUT2D eigenvalue weighted by Gasteiger charge is 2.28. The van der Waals surface area contributed by atoms with Crippen molar-refractivity contribution >= 4 is 29.1 Å². The minimum atomic E-state index is -0.298. The quantitative estimate of drug-likeness (QED) is 0.567. The lowest BCUT2D eigenvalue weighted by Crippen LogP contribution is -2.45. The van der Waals surface area contributed by atoms with Crippen LogP contribution in [0.3, 0.4) is 0 Å². The Morgan fingerprint density at radius 2 is 1.76 bits per heavy atom. The van der Waals surface area contributed by atoms with Crippen molar-refractivity contribution in [2.24, 2.45) is 0 Å². The molecule has 5 nitrogen and oxygen atoms in total. The molecule has 0 radical (unpaired) electrons. The van der Waals surface area contributed by atoms with Crippen LogP contribution in [0.2, 0.25) is 5.02 Å². The van der Waals surface area contributed by atoms with Crippen molar-refractivity contribution in [2.45, 2.75) is 51.1 Å². The van der Waals surface area contributed by atoms with E-state index < -0.39 is 0 Å². The monoisotopic (exact) mass is 413 g/mol. The largest absolute Gasteiger partial charge is 0.349 e. The van der Waals surface area contributed by atoms with Gasteiger partial charge in [-0.15, -0.1) is 0 Å². The van der Waals surface area contributed by atoms with Gasteiger partial charge in [0.2, 0.25) is 5.91 Å². The van der Waals surface area contributed by atoms with Crippen molar-refractivity contribution in [1.82, 2.24) is 10.6 Å². The molecule has 154 valence electrons. The smallest absolute Gasteiger partial charge is 0.251 e. The molecule has 1 aliphatic rings. The van der Waals surface area contributed by atoms with Gasteiger partial charge in [-0.3, -0.25) is 14.9 Å². The zero-order valence-electron chi connectivity index (χ0n) is 16.9. The number of benzene rings is 2. The first-order valence-electron chi connectivity index (χ1n) is 10.2. The number of anilines is 1. The van der Waals surface area contributed by atoms with E-state index in [1.807, 2.05) is 24.3 Å². The molecular formula is C23H28ClN3O2. The molecule has 0 bridgehead atoms. The molecule has 0 unspecified atom stereocenters. The number of amides is 2. The molecule has 2 amide bonds. The summed E-state index contributed by atoms with van der Waals surface area (Å²) in [6, 6.07) is 15.1. The Labute approximate surface area is 177 Å². The van der Waals surface area contributed by atoms with Crippen LogP contribution in [0, 0.1) is 0 Å². The highest BCUT2D eigenvalue weighted by molar-refractivity contribution is 6.30. The third kappa shape index (κ3) is 5.58. The minimum Gasteiger partial charge on any atom is -0.349 e. The maximum absolute atomic E-state index is 12.6. The maximum Gasteiger partial charge on any atom is 0.251 e. The Morgan fingerprint density at radius 3 is 2.38 bits per heavy atom. The lowest BCUT2D eigenvalue weighted by Gasteiger charge is -2.33. The van der Waals surface area contributed by atoms with E-state index in [-0.39, 0.29) is 23.9 Å². The number of halogens is 1. The van der Waals surface area contributed by atoms with Gasteiger partial charge in [0.1, 0.15) is 0 Å². The maximum atomic E-state index is 12.6. The SMILES string of the molecule is CCC(CC)(NCC(=O)Nc1cccc(C(=O)NC2CC2)c1)c1ccc(Cl)cc1. The van der Waals surface area contributed by atoms with E-state index in [9.17, 15) is 9.59 Å². The summed E-state index contributed by atoms with van der Waals surface area (Å²) in [5, 5.41) is 9.96. The second-order valence-corrected chi connectivity index (χ2v) is 7.96. The minimum absolute atomic E-state index is 0.0968. The Morgan fingerprint density at radius 1 is 1.07 bits per heavy atom. The van der Waals surface area contributed by atoms with E-state index in [0.29, 0.717) is 22.3 Å². The first kappa shape index (κ1) is 21.3. The molecule has 0 spiro atoms. The van der Waals surface area contributed by atoms with E-state index in [1.165, 1.54) is 0 Å². The van der Waals surface area contributed by atoms with Crippen molar-refractivity contribution in [3.05, 3.63) is 64.7 Å². The molecule has 1 fully saturated rings. The van der Waals surface area contributed by atoms with Gasteiger partial charge >= 0.3 is 0 Å². The number of hydrogen-bond donors (Lipinski definition) is 3. The molecular weight excluding hydrogens is 386 g/mol. The van der Waals surface area contributed by atoms with Gasteiger partial charge in [-0.05, 0) is 61.6 Å². The third-order valence-electron chi connectivity index (χ3n) is 5.51. The average molecular weight is 414 g/mol. The van der Waals surface area contributed by atoms with Crippen molar-refractivity contribution in [3.8, 4) is 0 Å². The lowest BCUT2D eigenvalue weighted by molar-refractivity contribution is -0.115. The molecule has 0 heterocycles. The summed E-state index contributed by atoms with van der Waals surface area (Å²) in [7, 11) is 0. The van der Waals surface area contributed by atoms with E-state index in [4.69, 9.17) is 11.6 Å². The van der Waals surface area contributed by atoms with Crippen molar-refractivity contribution in [3.63, 3.8) is 0 Å². The van der Waals surface area contributed by atoms with E-state index in [1.54, 1.807) is 24.3 Å². The summed E-state index contributed by atoms with van der Waals surface area (Å²) in [6.07, 6.45) is 3.76. The Balaban J connectivity index is 1.62. The molecule has 3 rings (SSSR count). The summed E-state index contributed by atoms with van der Waals surface area (Å²) < 4.78 is 0. The van der Waals surface area contributed by atoms with Gasteiger partial charge in [0.05, 0.1) is 6.54 Å². The molecule has 2 aromatic rings. The summed E-state index contributed by atoms with van der Waals surface area (Å²) in [6.45, 7) is 4.37. The van der Waals surface area contributed by atoms with Gasteiger partial charge < -0.3 is 10.6 Å². The molecule has 1 saturated carbocycles. The van der Waals surface area contributed by atoms with E-state index in [0.717, 1.165) is 31.2 Å². The molecule has 0 atom stereocenters. The Kier molecular flexibility index (Phi) is 6.93. The molecule has 3 N–H and O–H groups in total. The van der Waals surface area contributed by atoms with Gasteiger partial charge in [0.25, 0.3) is 5.91 Å². The third-order valence-corrected chi connectivity index (χ3v) is 5.76. The predicted molar refractivity (Wildman–Crippen MR) is 117 cm³/mol. The summed E-state index contributed by atoms with van der Waals surface area (Å²) in [4.78, 5) is 24.8. The van der Waals surface area contributed by atoms with Crippen LogP contribution in [0.5, 0.6) is 0 Å². The van der Waals surface area contributed by atoms with Gasteiger partial charge in [0, 0.05) is 27.9 Å². The van der Waals surface area contributed by atoms with Gasteiger partial charge in [-0.1, -0.05) is 43.6 Å². The fourth-order valence-electron chi connectivity index (χ4n) is 3.47. The topological polar surface area (TPSA) is 70.2 Å². The molecule has 29 heavy (non-hydrogen) atoms. The molecule has 0 aromatic heterocycles.